The number of halogens is 1. The van der Waals surface area contributed by atoms with E-state index in [4.69, 9.17) is 5.11 Å². The smallest absolute Gasteiger partial charge is 0.335 e. The fraction of sp³-hybridized carbons (Fsp3) is 0. The maximum absolute atomic E-state index is 10.8. The third kappa shape index (κ3) is 2.22. The summed E-state index contributed by atoms with van der Waals surface area (Å²) in [6, 6.07) is 10.2. The van der Waals surface area contributed by atoms with Gasteiger partial charge < -0.3 is 5.11 Å². The van der Waals surface area contributed by atoms with E-state index in [1.807, 2.05) is 18.3 Å². The van der Waals surface area contributed by atoms with Gasteiger partial charge in [-0.25, -0.2) is 14.3 Å². The van der Waals surface area contributed by atoms with Crippen LogP contribution in [0.15, 0.2) is 47.1 Å². The number of benzene rings is 1. The van der Waals surface area contributed by atoms with Crippen LogP contribution in [-0.4, -0.2) is 25.7 Å². The van der Waals surface area contributed by atoms with Gasteiger partial charge in [-0.15, -0.1) is 5.10 Å². The lowest BCUT2D eigenvalue weighted by atomic mass is 10.1. The number of carbonyl (C=O) groups is 1. The molecule has 0 saturated carbocycles. The summed E-state index contributed by atoms with van der Waals surface area (Å²) in [7, 11) is 0. The van der Waals surface area contributed by atoms with E-state index in [0.717, 1.165) is 15.7 Å². The van der Waals surface area contributed by atoms with Gasteiger partial charge in [0.2, 0.25) is 0 Å². The Labute approximate surface area is 116 Å². The van der Waals surface area contributed by atoms with Crippen molar-refractivity contribution in [1.29, 1.82) is 0 Å². The van der Waals surface area contributed by atoms with Gasteiger partial charge in [0.05, 0.1) is 5.56 Å². The highest BCUT2D eigenvalue weighted by molar-refractivity contribution is 9.10. The fourth-order valence-electron chi connectivity index (χ4n) is 1.74. The van der Waals surface area contributed by atoms with Crippen molar-refractivity contribution in [3.8, 4) is 11.4 Å². The number of aromatic nitrogens is 3. The Morgan fingerprint density at radius 2 is 1.89 bits per heavy atom. The molecule has 0 saturated heterocycles. The van der Waals surface area contributed by atoms with Crippen LogP contribution in [0.5, 0.6) is 0 Å². The van der Waals surface area contributed by atoms with Crippen LogP contribution < -0.4 is 0 Å². The van der Waals surface area contributed by atoms with Crippen LogP contribution in [0.25, 0.3) is 17.0 Å². The molecule has 1 aromatic carbocycles. The first-order valence-electron chi connectivity index (χ1n) is 5.49. The summed E-state index contributed by atoms with van der Waals surface area (Å²) in [5.41, 5.74) is 1.76. The number of rotatable bonds is 2. The normalized spacial score (nSPS) is 10.8. The molecule has 19 heavy (non-hydrogen) atoms. The lowest BCUT2D eigenvalue weighted by Crippen LogP contribution is -1.95. The Morgan fingerprint density at radius 1 is 1.16 bits per heavy atom. The Balaban J connectivity index is 2.06. The second-order valence-corrected chi connectivity index (χ2v) is 4.88. The number of hydrogen-bond donors (Lipinski definition) is 1. The number of fused-ring (bicyclic) bond motifs is 1. The zero-order chi connectivity index (χ0) is 13.4. The molecule has 0 bridgehead atoms. The third-order valence-electron chi connectivity index (χ3n) is 2.68. The number of hydrogen-bond acceptors (Lipinski definition) is 3. The lowest BCUT2D eigenvalue weighted by molar-refractivity contribution is 0.0697. The Kier molecular flexibility index (Phi) is 2.79. The van der Waals surface area contributed by atoms with E-state index >= 15 is 0 Å². The molecule has 5 nitrogen and oxygen atoms in total. The van der Waals surface area contributed by atoms with Crippen molar-refractivity contribution in [2.75, 3.05) is 0 Å². The summed E-state index contributed by atoms with van der Waals surface area (Å²) in [5.74, 6) is -0.381. The minimum Gasteiger partial charge on any atom is -0.478 e. The molecule has 1 N–H and O–H groups in total. The summed E-state index contributed by atoms with van der Waals surface area (Å²) in [5, 5.41) is 13.2. The molecule has 0 spiro atoms. The number of carboxylic acid groups (broad SMARTS) is 1. The standard InChI is InChI=1S/C13H8BrN3O2/c14-10-5-6-11-15-12(16-17(11)7-10)8-1-3-9(4-2-8)13(18)19/h1-7H,(H,18,19). The van der Waals surface area contributed by atoms with Crippen LogP contribution in [0.4, 0.5) is 0 Å². The van der Waals surface area contributed by atoms with Crippen molar-refractivity contribution >= 4 is 27.5 Å². The topological polar surface area (TPSA) is 67.5 Å². The number of pyridine rings is 1. The second-order valence-electron chi connectivity index (χ2n) is 3.97. The van der Waals surface area contributed by atoms with Gasteiger partial charge in [-0.05, 0) is 40.2 Å². The molecule has 2 aromatic heterocycles. The van der Waals surface area contributed by atoms with Gasteiger partial charge in [0.1, 0.15) is 0 Å². The van der Waals surface area contributed by atoms with E-state index in [1.165, 1.54) is 0 Å². The quantitative estimate of drug-likeness (QED) is 0.789. The maximum atomic E-state index is 10.8. The zero-order valence-electron chi connectivity index (χ0n) is 9.62. The first kappa shape index (κ1) is 11.9. The molecule has 6 heteroatoms. The molecule has 94 valence electrons. The van der Waals surface area contributed by atoms with Gasteiger partial charge in [0, 0.05) is 16.2 Å². The number of nitrogens with zero attached hydrogens (tertiary/aromatic N) is 3. The van der Waals surface area contributed by atoms with Crippen LogP contribution in [-0.2, 0) is 0 Å². The van der Waals surface area contributed by atoms with E-state index in [-0.39, 0.29) is 5.56 Å². The van der Waals surface area contributed by atoms with Crippen molar-refractivity contribution in [2.24, 2.45) is 0 Å². The molecule has 2 heterocycles. The average Bonchev–Trinajstić information content (AvgIpc) is 2.81. The monoisotopic (exact) mass is 317 g/mol. The second kappa shape index (κ2) is 4.47. The van der Waals surface area contributed by atoms with Gasteiger partial charge in [-0.2, -0.15) is 0 Å². The first-order chi connectivity index (χ1) is 9.13. The van der Waals surface area contributed by atoms with E-state index in [0.29, 0.717) is 5.82 Å². The predicted octanol–water partition coefficient (Wildman–Crippen LogP) is 2.86. The van der Waals surface area contributed by atoms with Crippen molar-refractivity contribution < 1.29 is 9.90 Å². The van der Waals surface area contributed by atoms with E-state index in [1.54, 1.807) is 28.8 Å². The molecule has 3 rings (SSSR count). The molecule has 0 unspecified atom stereocenters. The Hall–Kier alpha value is -2.21. The van der Waals surface area contributed by atoms with Gasteiger partial charge in [-0.1, -0.05) is 12.1 Å². The van der Waals surface area contributed by atoms with Gasteiger partial charge in [0.25, 0.3) is 0 Å². The van der Waals surface area contributed by atoms with E-state index in [9.17, 15) is 4.79 Å². The molecule has 0 atom stereocenters. The molecular weight excluding hydrogens is 310 g/mol. The first-order valence-corrected chi connectivity index (χ1v) is 6.28. The van der Waals surface area contributed by atoms with E-state index in [2.05, 4.69) is 26.0 Å². The summed E-state index contributed by atoms with van der Waals surface area (Å²) < 4.78 is 2.59. The predicted molar refractivity (Wildman–Crippen MR) is 73.1 cm³/mol. The molecule has 0 aliphatic heterocycles. The van der Waals surface area contributed by atoms with Crippen LogP contribution in [0.2, 0.25) is 0 Å². The molecular formula is C13H8BrN3O2. The van der Waals surface area contributed by atoms with Gasteiger partial charge >= 0.3 is 5.97 Å². The molecule has 3 aromatic rings. The van der Waals surface area contributed by atoms with Gasteiger partial charge in [0.15, 0.2) is 11.5 Å². The van der Waals surface area contributed by atoms with E-state index < -0.39 is 5.97 Å². The summed E-state index contributed by atoms with van der Waals surface area (Å²) in [6.45, 7) is 0. The molecule has 0 fully saturated rings. The largest absolute Gasteiger partial charge is 0.478 e. The number of carboxylic acids is 1. The highest BCUT2D eigenvalue weighted by Crippen LogP contribution is 2.18. The SMILES string of the molecule is O=C(O)c1ccc(-c2nc3ccc(Br)cn3n2)cc1. The highest BCUT2D eigenvalue weighted by atomic mass is 79.9. The Morgan fingerprint density at radius 3 is 2.58 bits per heavy atom. The molecule has 0 radical (unpaired) electrons. The van der Waals surface area contributed by atoms with Crippen LogP contribution in [0.1, 0.15) is 10.4 Å². The fourth-order valence-corrected chi connectivity index (χ4v) is 2.07. The molecule has 0 amide bonds. The highest BCUT2D eigenvalue weighted by Gasteiger charge is 2.08. The summed E-state index contributed by atoms with van der Waals surface area (Å²) >= 11 is 3.37. The van der Waals surface area contributed by atoms with Crippen molar-refractivity contribution in [3.05, 3.63) is 52.6 Å². The van der Waals surface area contributed by atoms with Crippen molar-refractivity contribution in [1.82, 2.24) is 14.6 Å². The average molecular weight is 318 g/mol. The summed E-state index contributed by atoms with van der Waals surface area (Å²) in [6.07, 6.45) is 1.82. The van der Waals surface area contributed by atoms with Gasteiger partial charge in [-0.3, -0.25) is 0 Å². The third-order valence-corrected chi connectivity index (χ3v) is 3.15. The van der Waals surface area contributed by atoms with Crippen LogP contribution >= 0.6 is 15.9 Å². The molecule has 0 aliphatic rings. The molecule has 0 aliphatic carbocycles. The van der Waals surface area contributed by atoms with Crippen LogP contribution in [0.3, 0.4) is 0 Å². The zero-order valence-corrected chi connectivity index (χ0v) is 11.2. The van der Waals surface area contributed by atoms with Crippen molar-refractivity contribution in [3.63, 3.8) is 0 Å². The lowest BCUT2D eigenvalue weighted by Gasteiger charge is -1.96. The Bertz CT molecular complexity index is 765. The number of aromatic carboxylic acids is 1. The van der Waals surface area contributed by atoms with Crippen LogP contribution in [0, 0.1) is 0 Å². The maximum Gasteiger partial charge on any atom is 0.335 e. The minimum absolute atomic E-state index is 0.246. The van der Waals surface area contributed by atoms with Crippen molar-refractivity contribution in [2.45, 2.75) is 0 Å². The minimum atomic E-state index is -0.946. The summed E-state index contributed by atoms with van der Waals surface area (Å²) in [4.78, 5) is 15.2.